The van der Waals surface area contributed by atoms with Crippen molar-refractivity contribution in [2.75, 3.05) is 19.7 Å². The molecule has 2 heteroatoms. The van der Waals surface area contributed by atoms with E-state index in [-0.39, 0.29) is 0 Å². The Morgan fingerprint density at radius 1 is 1.31 bits per heavy atom. The van der Waals surface area contributed by atoms with Gasteiger partial charge in [-0.05, 0) is 18.4 Å². The van der Waals surface area contributed by atoms with Crippen LogP contribution in [0.5, 0.6) is 0 Å². The van der Waals surface area contributed by atoms with E-state index in [0.717, 1.165) is 19.7 Å². The average molecular weight is 217 g/mol. The largest absolute Gasteiger partial charge is 0.377 e. The molecule has 0 saturated carbocycles. The highest BCUT2D eigenvalue weighted by Gasteiger charge is 2.13. The van der Waals surface area contributed by atoms with Gasteiger partial charge in [0.25, 0.3) is 0 Å². The fourth-order valence-electron chi connectivity index (χ4n) is 1.89. The first-order chi connectivity index (χ1) is 7.95. The van der Waals surface area contributed by atoms with Gasteiger partial charge in [0.15, 0.2) is 0 Å². The monoisotopic (exact) mass is 217 g/mol. The Bertz CT molecular complexity index is 315. The second-order valence-corrected chi connectivity index (χ2v) is 4.11. The molecule has 1 N–H and O–H groups in total. The fraction of sp³-hybridized carbons (Fsp3) is 0.429. The highest BCUT2D eigenvalue weighted by molar-refractivity contribution is 5.48. The average Bonchev–Trinajstić information content (AvgIpc) is 2.83. The third-order valence-electron chi connectivity index (χ3n) is 2.77. The summed E-state index contributed by atoms with van der Waals surface area (Å²) in [4.78, 5) is 0. The van der Waals surface area contributed by atoms with Gasteiger partial charge < -0.3 is 10.1 Å². The molecule has 2 rings (SSSR count). The van der Waals surface area contributed by atoms with Gasteiger partial charge >= 0.3 is 0 Å². The topological polar surface area (TPSA) is 21.3 Å². The molecule has 0 radical (unpaired) electrons. The molecule has 0 amide bonds. The molecule has 0 unspecified atom stereocenters. The van der Waals surface area contributed by atoms with Crippen molar-refractivity contribution in [2.24, 2.45) is 0 Å². The lowest BCUT2D eigenvalue weighted by Crippen LogP contribution is -2.26. The predicted octanol–water partition coefficient (Wildman–Crippen LogP) is 2.47. The maximum atomic E-state index is 5.53. The summed E-state index contributed by atoms with van der Waals surface area (Å²) >= 11 is 0. The summed E-state index contributed by atoms with van der Waals surface area (Å²) in [5, 5.41) is 3.39. The van der Waals surface area contributed by atoms with Gasteiger partial charge in [-0.1, -0.05) is 42.5 Å². The van der Waals surface area contributed by atoms with Crippen molar-refractivity contribution >= 4 is 6.08 Å². The van der Waals surface area contributed by atoms with Gasteiger partial charge in [-0.3, -0.25) is 0 Å². The van der Waals surface area contributed by atoms with Crippen molar-refractivity contribution in [3.8, 4) is 0 Å². The van der Waals surface area contributed by atoms with Crippen LogP contribution in [0.4, 0.5) is 0 Å². The molecule has 0 aromatic heterocycles. The second kappa shape index (κ2) is 6.46. The molecule has 1 heterocycles. The van der Waals surface area contributed by atoms with Gasteiger partial charge in [0, 0.05) is 19.7 Å². The zero-order chi connectivity index (χ0) is 11.1. The van der Waals surface area contributed by atoms with Crippen LogP contribution < -0.4 is 5.32 Å². The fourth-order valence-corrected chi connectivity index (χ4v) is 1.89. The molecule has 1 aromatic rings. The summed E-state index contributed by atoms with van der Waals surface area (Å²) in [5.74, 6) is 0. The maximum Gasteiger partial charge on any atom is 0.0700 e. The summed E-state index contributed by atoms with van der Waals surface area (Å²) in [7, 11) is 0. The standard InChI is InChI=1S/C14H19NO/c1-2-6-13(7-3-1)8-4-10-15-12-14-9-5-11-16-14/h1-4,6-8,14-15H,5,9-12H2/b8-4+/t14-/m0/s1. The van der Waals surface area contributed by atoms with E-state index in [9.17, 15) is 0 Å². The molecular formula is C14H19NO. The Hall–Kier alpha value is -1.12. The van der Waals surface area contributed by atoms with Crippen molar-refractivity contribution in [3.63, 3.8) is 0 Å². The van der Waals surface area contributed by atoms with E-state index in [2.05, 4.69) is 41.7 Å². The summed E-state index contributed by atoms with van der Waals surface area (Å²) in [6.07, 6.45) is 7.15. The van der Waals surface area contributed by atoms with E-state index >= 15 is 0 Å². The first kappa shape index (κ1) is 11.4. The molecule has 1 atom stereocenters. The molecular weight excluding hydrogens is 198 g/mol. The summed E-state index contributed by atoms with van der Waals surface area (Å²) in [6, 6.07) is 10.4. The van der Waals surface area contributed by atoms with E-state index in [1.807, 2.05) is 6.07 Å². The summed E-state index contributed by atoms with van der Waals surface area (Å²) in [5.41, 5.74) is 1.25. The van der Waals surface area contributed by atoms with Crippen molar-refractivity contribution in [2.45, 2.75) is 18.9 Å². The number of hydrogen-bond donors (Lipinski definition) is 1. The van der Waals surface area contributed by atoms with E-state index in [0.29, 0.717) is 6.10 Å². The molecule has 86 valence electrons. The normalized spacial score (nSPS) is 20.6. The molecule has 0 spiro atoms. The highest BCUT2D eigenvalue weighted by Crippen LogP contribution is 2.10. The number of benzene rings is 1. The highest BCUT2D eigenvalue weighted by atomic mass is 16.5. The van der Waals surface area contributed by atoms with Gasteiger partial charge in [0.2, 0.25) is 0 Å². The van der Waals surface area contributed by atoms with Crippen molar-refractivity contribution in [3.05, 3.63) is 42.0 Å². The van der Waals surface area contributed by atoms with Crippen LogP contribution in [0.1, 0.15) is 18.4 Å². The number of hydrogen-bond acceptors (Lipinski definition) is 2. The number of ether oxygens (including phenoxy) is 1. The first-order valence-electron chi connectivity index (χ1n) is 5.99. The Labute approximate surface area is 97.3 Å². The molecule has 16 heavy (non-hydrogen) atoms. The van der Waals surface area contributed by atoms with Gasteiger partial charge in [-0.25, -0.2) is 0 Å². The smallest absolute Gasteiger partial charge is 0.0700 e. The van der Waals surface area contributed by atoms with Crippen LogP contribution in [0.3, 0.4) is 0 Å². The van der Waals surface area contributed by atoms with E-state index in [1.165, 1.54) is 18.4 Å². The van der Waals surface area contributed by atoms with Crippen molar-refractivity contribution in [1.29, 1.82) is 0 Å². The molecule has 1 aliphatic heterocycles. The summed E-state index contributed by atoms with van der Waals surface area (Å²) < 4.78 is 5.53. The minimum atomic E-state index is 0.435. The van der Waals surface area contributed by atoms with Crippen LogP contribution in [0.15, 0.2) is 36.4 Å². The molecule has 1 aliphatic rings. The zero-order valence-corrected chi connectivity index (χ0v) is 9.56. The second-order valence-electron chi connectivity index (χ2n) is 4.11. The Balaban J connectivity index is 1.62. The van der Waals surface area contributed by atoms with Gasteiger partial charge in [-0.2, -0.15) is 0 Å². The van der Waals surface area contributed by atoms with Gasteiger partial charge in [0.05, 0.1) is 6.10 Å². The third kappa shape index (κ3) is 3.80. The van der Waals surface area contributed by atoms with Crippen molar-refractivity contribution in [1.82, 2.24) is 5.32 Å². The minimum absolute atomic E-state index is 0.435. The number of rotatable bonds is 5. The van der Waals surface area contributed by atoms with Crippen LogP contribution in [-0.4, -0.2) is 25.8 Å². The van der Waals surface area contributed by atoms with E-state index in [4.69, 9.17) is 4.74 Å². The molecule has 2 nitrogen and oxygen atoms in total. The summed E-state index contributed by atoms with van der Waals surface area (Å²) in [6.45, 7) is 2.82. The molecule has 1 fully saturated rings. The van der Waals surface area contributed by atoms with Crippen LogP contribution in [-0.2, 0) is 4.74 Å². The minimum Gasteiger partial charge on any atom is -0.377 e. The van der Waals surface area contributed by atoms with Crippen molar-refractivity contribution < 1.29 is 4.74 Å². The quantitative estimate of drug-likeness (QED) is 0.765. The molecule has 0 aliphatic carbocycles. The van der Waals surface area contributed by atoms with Crippen LogP contribution >= 0.6 is 0 Å². The van der Waals surface area contributed by atoms with E-state index < -0.39 is 0 Å². The van der Waals surface area contributed by atoms with Crippen LogP contribution in [0, 0.1) is 0 Å². The molecule has 1 saturated heterocycles. The Morgan fingerprint density at radius 3 is 2.94 bits per heavy atom. The Morgan fingerprint density at radius 2 is 2.19 bits per heavy atom. The maximum absolute atomic E-state index is 5.53. The molecule has 0 bridgehead atoms. The predicted molar refractivity (Wildman–Crippen MR) is 67.3 cm³/mol. The van der Waals surface area contributed by atoms with Crippen LogP contribution in [0.25, 0.3) is 6.08 Å². The van der Waals surface area contributed by atoms with E-state index in [1.54, 1.807) is 0 Å². The number of nitrogens with one attached hydrogen (secondary N) is 1. The first-order valence-corrected chi connectivity index (χ1v) is 5.99. The Kier molecular flexibility index (Phi) is 4.59. The van der Waals surface area contributed by atoms with Gasteiger partial charge in [0.1, 0.15) is 0 Å². The lowest BCUT2D eigenvalue weighted by molar-refractivity contribution is 0.111. The SMILES string of the molecule is C(=C\c1ccccc1)/CNC[C@@H]1CCCO1. The lowest BCUT2D eigenvalue weighted by atomic mass is 10.2. The van der Waals surface area contributed by atoms with Crippen LogP contribution in [0.2, 0.25) is 0 Å². The van der Waals surface area contributed by atoms with Gasteiger partial charge in [-0.15, -0.1) is 0 Å². The lowest BCUT2D eigenvalue weighted by Gasteiger charge is -2.08. The molecule has 1 aromatic carbocycles. The third-order valence-corrected chi connectivity index (χ3v) is 2.77. The zero-order valence-electron chi connectivity index (χ0n) is 9.56.